The Labute approximate surface area is 258 Å². The fourth-order valence-corrected chi connectivity index (χ4v) is 5.71. The van der Waals surface area contributed by atoms with Gasteiger partial charge in [-0.25, -0.2) is 4.39 Å². The van der Waals surface area contributed by atoms with Crippen molar-refractivity contribution in [1.82, 2.24) is 9.88 Å². The molecule has 1 aromatic heterocycles. The molecule has 5 rings (SSSR count). The second-order valence-electron chi connectivity index (χ2n) is 11.4. The minimum atomic E-state index is -0.347. The molecule has 0 radical (unpaired) electrons. The molecule has 1 amide bonds. The molecule has 2 heterocycles. The number of anilines is 2. The second-order valence-corrected chi connectivity index (χ2v) is 11.4. The van der Waals surface area contributed by atoms with Crippen LogP contribution in [0.15, 0.2) is 108 Å². The minimum Gasteiger partial charge on any atom is -0.355 e. The van der Waals surface area contributed by atoms with Crippen LogP contribution in [-0.4, -0.2) is 40.8 Å². The van der Waals surface area contributed by atoms with Crippen LogP contribution in [0.2, 0.25) is 0 Å². The molecule has 3 aromatic carbocycles. The number of nitrogens with one attached hydrogen (secondary N) is 2. The van der Waals surface area contributed by atoms with E-state index < -0.39 is 0 Å². The monoisotopic (exact) mass is 587 g/mol. The average molecular weight is 588 g/mol. The van der Waals surface area contributed by atoms with Crippen molar-refractivity contribution in [2.24, 2.45) is 10.9 Å². The van der Waals surface area contributed by atoms with E-state index in [0.717, 1.165) is 47.5 Å². The molecule has 6 nitrogen and oxygen atoms in total. The number of aromatic nitrogens is 1. The predicted molar refractivity (Wildman–Crippen MR) is 177 cm³/mol. The van der Waals surface area contributed by atoms with E-state index in [2.05, 4.69) is 36.8 Å². The van der Waals surface area contributed by atoms with E-state index in [0.29, 0.717) is 35.6 Å². The van der Waals surface area contributed by atoms with Crippen molar-refractivity contribution in [2.45, 2.75) is 39.0 Å². The standard InChI is InChI=1S/C37H38FN5O/c1-25-9-4-5-13-34(25)42-36(27(3)21-26(2)33-12-6-7-18-40-33)28-16-19-43(20-17-28)37(44)29-14-15-35(30(22-29)24-39)41-32-11-8-10-31(38)23-32/h4-15,18,22-24,26,28,39,41H,3,16-17,19-21H2,1-2H3. The van der Waals surface area contributed by atoms with Crippen LogP contribution in [0.25, 0.3) is 0 Å². The van der Waals surface area contributed by atoms with Crippen LogP contribution in [0.1, 0.15) is 59.3 Å². The maximum Gasteiger partial charge on any atom is 0.253 e. The summed E-state index contributed by atoms with van der Waals surface area (Å²) in [6.45, 7) is 9.93. The van der Waals surface area contributed by atoms with Gasteiger partial charge in [0.15, 0.2) is 0 Å². The first kappa shape index (κ1) is 30.5. The maximum atomic E-state index is 13.7. The van der Waals surface area contributed by atoms with Crippen molar-refractivity contribution in [3.63, 3.8) is 0 Å². The van der Waals surface area contributed by atoms with Crippen LogP contribution in [0.5, 0.6) is 0 Å². The summed E-state index contributed by atoms with van der Waals surface area (Å²) in [5.74, 6) is -0.0326. The van der Waals surface area contributed by atoms with E-state index in [4.69, 9.17) is 10.4 Å². The third kappa shape index (κ3) is 7.35. The van der Waals surface area contributed by atoms with Gasteiger partial charge in [-0.3, -0.25) is 14.8 Å². The number of pyridine rings is 1. The number of likely N-dealkylation sites (tertiary alicyclic amines) is 1. The predicted octanol–water partition coefficient (Wildman–Crippen LogP) is 8.65. The number of piperidine rings is 1. The molecule has 1 aliphatic rings. The van der Waals surface area contributed by atoms with Crippen LogP contribution in [-0.2, 0) is 0 Å². The van der Waals surface area contributed by atoms with Gasteiger partial charge in [-0.05, 0) is 91.9 Å². The third-order valence-electron chi connectivity index (χ3n) is 8.19. The lowest BCUT2D eigenvalue weighted by molar-refractivity contribution is 0.0710. The SMILES string of the molecule is C=C(CC(C)c1ccccn1)C(=Nc1ccccc1C)C1CCN(C(=O)c2ccc(Nc3cccc(F)c3)c(C=N)c2)CC1. The molecule has 1 fully saturated rings. The Kier molecular flexibility index (Phi) is 9.75. The molecule has 224 valence electrons. The van der Waals surface area contributed by atoms with Crippen molar-refractivity contribution in [2.75, 3.05) is 18.4 Å². The summed E-state index contributed by atoms with van der Waals surface area (Å²) in [5, 5.41) is 11.1. The zero-order chi connectivity index (χ0) is 31.1. The lowest BCUT2D eigenvalue weighted by Crippen LogP contribution is -2.40. The molecule has 1 saturated heterocycles. The number of aryl methyl sites for hydroxylation is 1. The summed E-state index contributed by atoms with van der Waals surface area (Å²) in [5.41, 5.74) is 7.39. The van der Waals surface area contributed by atoms with Crippen molar-refractivity contribution in [3.05, 3.63) is 131 Å². The number of allylic oxidation sites excluding steroid dienone is 1. The Balaban J connectivity index is 1.30. The first-order valence-electron chi connectivity index (χ1n) is 15.0. The highest BCUT2D eigenvalue weighted by molar-refractivity contribution is 6.03. The Morgan fingerprint density at radius 1 is 1.09 bits per heavy atom. The number of hydrogen-bond acceptors (Lipinski definition) is 5. The molecule has 0 bridgehead atoms. The van der Waals surface area contributed by atoms with E-state index in [1.54, 1.807) is 30.3 Å². The number of carbonyl (C=O) groups is 1. The molecule has 7 heteroatoms. The van der Waals surface area contributed by atoms with E-state index in [9.17, 15) is 9.18 Å². The largest absolute Gasteiger partial charge is 0.355 e. The first-order chi connectivity index (χ1) is 21.3. The van der Waals surface area contributed by atoms with E-state index in [1.807, 2.05) is 47.5 Å². The van der Waals surface area contributed by atoms with Gasteiger partial charge in [0.25, 0.3) is 5.91 Å². The second kappa shape index (κ2) is 14.0. The van der Waals surface area contributed by atoms with Crippen LogP contribution in [0, 0.1) is 24.1 Å². The van der Waals surface area contributed by atoms with Crippen molar-refractivity contribution < 1.29 is 9.18 Å². The number of para-hydroxylation sites is 1. The Hall–Kier alpha value is -4.91. The van der Waals surface area contributed by atoms with Gasteiger partial charge in [0.1, 0.15) is 5.82 Å². The summed E-state index contributed by atoms with van der Waals surface area (Å²) >= 11 is 0. The lowest BCUT2D eigenvalue weighted by atomic mass is 9.84. The summed E-state index contributed by atoms with van der Waals surface area (Å²) in [7, 11) is 0. The number of hydrogen-bond donors (Lipinski definition) is 2. The molecule has 0 spiro atoms. The zero-order valence-corrected chi connectivity index (χ0v) is 25.3. The van der Waals surface area contributed by atoms with Gasteiger partial charge in [-0.15, -0.1) is 0 Å². The normalized spacial score (nSPS) is 14.6. The van der Waals surface area contributed by atoms with Crippen LogP contribution < -0.4 is 5.32 Å². The van der Waals surface area contributed by atoms with Crippen LogP contribution in [0.3, 0.4) is 0 Å². The lowest BCUT2D eigenvalue weighted by Gasteiger charge is -2.33. The van der Waals surface area contributed by atoms with Crippen LogP contribution >= 0.6 is 0 Å². The van der Waals surface area contributed by atoms with E-state index in [-0.39, 0.29) is 23.6 Å². The maximum absolute atomic E-state index is 13.7. The Bertz CT molecular complexity index is 1670. The van der Waals surface area contributed by atoms with Gasteiger partial charge in [-0.1, -0.05) is 43.8 Å². The molecule has 0 saturated carbocycles. The van der Waals surface area contributed by atoms with Gasteiger partial charge in [0.2, 0.25) is 0 Å². The number of amides is 1. The molecular weight excluding hydrogens is 549 g/mol. The smallest absolute Gasteiger partial charge is 0.253 e. The highest BCUT2D eigenvalue weighted by Crippen LogP contribution is 2.31. The van der Waals surface area contributed by atoms with Gasteiger partial charge < -0.3 is 15.6 Å². The summed E-state index contributed by atoms with van der Waals surface area (Å²) < 4.78 is 13.7. The number of benzene rings is 3. The number of aliphatic imine (C=N–C) groups is 1. The van der Waals surface area contributed by atoms with Gasteiger partial charge in [0.05, 0.1) is 5.69 Å². The van der Waals surface area contributed by atoms with Crippen molar-refractivity contribution in [3.8, 4) is 0 Å². The molecule has 1 atom stereocenters. The number of rotatable bonds is 10. The molecule has 1 unspecified atom stereocenters. The minimum absolute atomic E-state index is 0.0659. The highest BCUT2D eigenvalue weighted by Gasteiger charge is 2.29. The van der Waals surface area contributed by atoms with E-state index in [1.165, 1.54) is 18.3 Å². The topological polar surface area (TPSA) is 81.4 Å². The molecule has 44 heavy (non-hydrogen) atoms. The summed E-state index contributed by atoms with van der Waals surface area (Å²) in [4.78, 5) is 25.1. The van der Waals surface area contributed by atoms with Crippen molar-refractivity contribution >= 4 is 34.9 Å². The fourth-order valence-electron chi connectivity index (χ4n) is 5.71. The number of halogens is 1. The fraction of sp³-hybridized carbons (Fsp3) is 0.243. The number of nitrogens with zero attached hydrogens (tertiary/aromatic N) is 3. The summed E-state index contributed by atoms with van der Waals surface area (Å²) in [6, 6.07) is 25.5. The van der Waals surface area contributed by atoms with Crippen LogP contribution in [0.4, 0.5) is 21.5 Å². The molecule has 2 N–H and O–H groups in total. The zero-order valence-electron chi connectivity index (χ0n) is 25.3. The highest BCUT2D eigenvalue weighted by atomic mass is 19.1. The first-order valence-corrected chi connectivity index (χ1v) is 15.0. The Morgan fingerprint density at radius 3 is 2.57 bits per heavy atom. The molecule has 1 aliphatic heterocycles. The van der Waals surface area contributed by atoms with Gasteiger partial charge in [-0.2, -0.15) is 0 Å². The average Bonchev–Trinajstić information content (AvgIpc) is 3.04. The molecule has 0 aliphatic carbocycles. The van der Waals surface area contributed by atoms with E-state index >= 15 is 0 Å². The Morgan fingerprint density at radius 2 is 1.86 bits per heavy atom. The van der Waals surface area contributed by atoms with Gasteiger partial charge in [0, 0.05) is 71.2 Å². The molecular formula is C37H38FN5O. The molecule has 4 aromatic rings. The van der Waals surface area contributed by atoms with Crippen molar-refractivity contribution in [1.29, 1.82) is 5.41 Å². The third-order valence-corrected chi connectivity index (χ3v) is 8.19. The quantitative estimate of drug-likeness (QED) is 0.182. The van der Waals surface area contributed by atoms with Gasteiger partial charge >= 0.3 is 0 Å². The number of carbonyl (C=O) groups excluding carboxylic acids is 1. The summed E-state index contributed by atoms with van der Waals surface area (Å²) in [6.07, 6.45) is 5.34.